The van der Waals surface area contributed by atoms with Crippen molar-refractivity contribution in [3.63, 3.8) is 0 Å². The van der Waals surface area contributed by atoms with Crippen molar-refractivity contribution in [2.75, 3.05) is 25.0 Å². The summed E-state index contributed by atoms with van der Waals surface area (Å²) in [4.78, 5) is 14.3. The average Bonchev–Trinajstić information content (AvgIpc) is 2.78. The lowest BCUT2D eigenvalue weighted by molar-refractivity contribution is -0.119. The molecule has 1 aromatic carbocycles. The number of fused-ring (bicyclic) bond motifs is 2. The summed E-state index contributed by atoms with van der Waals surface area (Å²) < 4.78 is 5.77. The van der Waals surface area contributed by atoms with Crippen molar-refractivity contribution in [2.45, 2.75) is 31.6 Å². The van der Waals surface area contributed by atoms with Crippen molar-refractivity contribution < 1.29 is 9.53 Å². The Kier molecular flexibility index (Phi) is 4.00. The van der Waals surface area contributed by atoms with E-state index < -0.39 is 0 Å². The first-order valence-electron chi connectivity index (χ1n) is 7.19. The number of nitrogens with one attached hydrogen (secondary N) is 1. The minimum atomic E-state index is 0.0282. The highest BCUT2D eigenvalue weighted by Crippen LogP contribution is 2.25. The van der Waals surface area contributed by atoms with E-state index in [1.165, 1.54) is 0 Å². The summed E-state index contributed by atoms with van der Waals surface area (Å²) >= 11 is 0. The summed E-state index contributed by atoms with van der Waals surface area (Å²) in [7, 11) is 0. The van der Waals surface area contributed by atoms with Gasteiger partial charge < -0.3 is 15.8 Å². The van der Waals surface area contributed by atoms with Crippen LogP contribution in [0.1, 0.15) is 18.4 Å². The molecule has 108 valence electrons. The third kappa shape index (κ3) is 3.17. The first-order chi connectivity index (χ1) is 9.72. The van der Waals surface area contributed by atoms with E-state index in [1.54, 1.807) is 0 Å². The Bertz CT molecular complexity index is 480. The van der Waals surface area contributed by atoms with Gasteiger partial charge in [-0.2, -0.15) is 0 Å². The van der Waals surface area contributed by atoms with E-state index in [-0.39, 0.29) is 5.91 Å². The molecule has 1 amide bonds. The SMILES string of the molecule is NCc1cccc(NC(=O)CN2CC3CCC(C2)O3)c1. The Morgan fingerprint density at radius 1 is 1.35 bits per heavy atom. The highest BCUT2D eigenvalue weighted by molar-refractivity contribution is 5.92. The van der Waals surface area contributed by atoms with Crippen LogP contribution in [-0.4, -0.2) is 42.6 Å². The summed E-state index contributed by atoms with van der Waals surface area (Å²) in [5.41, 5.74) is 7.44. The van der Waals surface area contributed by atoms with Crippen LogP contribution in [0.5, 0.6) is 0 Å². The Hall–Kier alpha value is -1.43. The largest absolute Gasteiger partial charge is 0.372 e. The number of amides is 1. The van der Waals surface area contributed by atoms with Gasteiger partial charge in [-0.25, -0.2) is 0 Å². The van der Waals surface area contributed by atoms with Crippen LogP contribution in [0.4, 0.5) is 5.69 Å². The molecule has 0 aromatic heterocycles. The van der Waals surface area contributed by atoms with Gasteiger partial charge in [0.1, 0.15) is 0 Å². The summed E-state index contributed by atoms with van der Waals surface area (Å²) in [5.74, 6) is 0.0282. The lowest BCUT2D eigenvalue weighted by Gasteiger charge is -2.31. The molecule has 2 unspecified atom stereocenters. The maximum atomic E-state index is 12.1. The van der Waals surface area contributed by atoms with Crippen molar-refractivity contribution in [2.24, 2.45) is 5.73 Å². The maximum Gasteiger partial charge on any atom is 0.238 e. The Labute approximate surface area is 119 Å². The summed E-state index contributed by atoms with van der Waals surface area (Å²) in [6, 6.07) is 7.67. The van der Waals surface area contributed by atoms with Gasteiger partial charge in [0.05, 0.1) is 18.8 Å². The number of hydrogen-bond acceptors (Lipinski definition) is 4. The number of carbonyl (C=O) groups excluding carboxylic acids is 1. The standard InChI is InChI=1S/C15H21N3O2/c16-7-11-2-1-3-12(6-11)17-15(19)10-18-8-13-4-5-14(9-18)20-13/h1-3,6,13-14H,4-5,7-10,16H2,(H,17,19). The van der Waals surface area contributed by atoms with Gasteiger partial charge in [0, 0.05) is 25.3 Å². The third-order valence-corrected chi connectivity index (χ3v) is 3.93. The zero-order valence-corrected chi connectivity index (χ0v) is 11.5. The monoisotopic (exact) mass is 275 g/mol. The Balaban J connectivity index is 1.54. The molecular formula is C15H21N3O2. The molecule has 2 aliphatic heterocycles. The number of rotatable bonds is 4. The smallest absolute Gasteiger partial charge is 0.238 e. The molecular weight excluding hydrogens is 254 g/mol. The highest BCUT2D eigenvalue weighted by Gasteiger charge is 2.34. The number of benzene rings is 1. The summed E-state index contributed by atoms with van der Waals surface area (Å²) in [6.45, 7) is 2.65. The van der Waals surface area contributed by atoms with Gasteiger partial charge in [-0.3, -0.25) is 9.69 Å². The predicted octanol–water partition coefficient (Wildman–Crippen LogP) is 0.947. The topological polar surface area (TPSA) is 67.6 Å². The van der Waals surface area contributed by atoms with E-state index >= 15 is 0 Å². The number of likely N-dealkylation sites (tertiary alicyclic amines) is 1. The van der Waals surface area contributed by atoms with Crippen LogP contribution in [0, 0.1) is 0 Å². The minimum Gasteiger partial charge on any atom is -0.372 e. The number of carbonyl (C=O) groups is 1. The number of anilines is 1. The minimum absolute atomic E-state index is 0.0282. The van der Waals surface area contributed by atoms with E-state index in [1.807, 2.05) is 24.3 Å². The van der Waals surface area contributed by atoms with Crippen molar-refractivity contribution in [1.82, 2.24) is 4.90 Å². The van der Waals surface area contributed by atoms with Crippen molar-refractivity contribution >= 4 is 11.6 Å². The van der Waals surface area contributed by atoms with Crippen LogP contribution in [-0.2, 0) is 16.1 Å². The number of nitrogens with zero attached hydrogens (tertiary/aromatic N) is 1. The molecule has 2 fully saturated rings. The summed E-state index contributed by atoms with van der Waals surface area (Å²) in [5, 5.41) is 2.94. The fourth-order valence-corrected chi connectivity index (χ4v) is 3.01. The van der Waals surface area contributed by atoms with Crippen molar-refractivity contribution in [3.05, 3.63) is 29.8 Å². The first kappa shape index (κ1) is 13.5. The van der Waals surface area contributed by atoms with E-state index in [9.17, 15) is 4.79 Å². The van der Waals surface area contributed by atoms with Gasteiger partial charge in [0.2, 0.25) is 5.91 Å². The lowest BCUT2D eigenvalue weighted by Crippen LogP contribution is -2.45. The Morgan fingerprint density at radius 3 is 2.80 bits per heavy atom. The fourth-order valence-electron chi connectivity index (χ4n) is 3.01. The molecule has 2 saturated heterocycles. The molecule has 3 rings (SSSR count). The molecule has 0 aliphatic carbocycles. The fraction of sp³-hybridized carbons (Fsp3) is 0.533. The number of morpholine rings is 1. The highest BCUT2D eigenvalue weighted by atomic mass is 16.5. The Morgan fingerprint density at radius 2 is 2.10 bits per heavy atom. The number of ether oxygens (including phenoxy) is 1. The van der Waals surface area contributed by atoms with Crippen molar-refractivity contribution in [1.29, 1.82) is 0 Å². The van der Waals surface area contributed by atoms with Crippen LogP contribution in [0.2, 0.25) is 0 Å². The van der Waals surface area contributed by atoms with E-state index in [4.69, 9.17) is 10.5 Å². The second-order valence-corrected chi connectivity index (χ2v) is 5.60. The van der Waals surface area contributed by atoms with Crippen LogP contribution >= 0.6 is 0 Å². The lowest BCUT2D eigenvalue weighted by atomic mass is 10.2. The van der Waals surface area contributed by atoms with Crippen LogP contribution < -0.4 is 11.1 Å². The van der Waals surface area contributed by atoms with Crippen molar-refractivity contribution in [3.8, 4) is 0 Å². The molecule has 5 heteroatoms. The summed E-state index contributed by atoms with van der Waals surface area (Å²) in [6.07, 6.45) is 2.90. The zero-order chi connectivity index (χ0) is 13.9. The molecule has 1 aromatic rings. The first-order valence-corrected chi connectivity index (χ1v) is 7.19. The number of hydrogen-bond donors (Lipinski definition) is 2. The molecule has 2 heterocycles. The molecule has 20 heavy (non-hydrogen) atoms. The second-order valence-electron chi connectivity index (χ2n) is 5.60. The molecule has 5 nitrogen and oxygen atoms in total. The van der Waals surface area contributed by atoms with Gasteiger partial charge >= 0.3 is 0 Å². The van der Waals surface area contributed by atoms with Gasteiger partial charge in [0.25, 0.3) is 0 Å². The van der Waals surface area contributed by atoms with E-state index in [0.717, 1.165) is 37.2 Å². The van der Waals surface area contributed by atoms with E-state index in [0.29, 0.717) is 25.3 Å². The molecule has 0 saturated carbocycles. The maximum absolute atomic E-state index is 12.1. The normalized spacial score (nSPS) is 25.6. The molecule has 0 spiro atoms. The third-order valence-electron chi connectivity index (χ3n) is 3.93. The predicted molar refractivity (Wildman–Crippen MR) is 77.3 cm³/mol. The van der Waals surface area contributed by atoms with Gasteiger partial charge in [0.15, 0.2) is 0 Å². The van der Waals surface area contributed by atoms with E-state index in [2.05, 4.69) is 10.2 Å². The molecule has 3 N–H and O–H groups in total. The van der Waals surface area contributed by atoms with Gasteiger partial charge in [-0.1, -0.05) is 12.1 Å². The second kappa shape index (κ2) is 5.91. The van der Waals surface area contributed by atoms with Crippen LogP contribution in [0.3, 0.4) is 0 Å². The zero-order valence-electron chi connectivity index (χ0n) is 11.5. The molecule has 2 aliphatic rings. The molecule has 2 atom stereocenters. The van der Waals surface area contributed by atoms with Crippen LogP contribution in [0.15, 0.2) is 24.3 Å². The van der Waals surface area contributed by atoms with Gasteiger partial charge in [-0.05, 0) is 30.5 Å². The number of nitrogens with two attached hydrogens (primary N) is 1. The quantitative estimate of drug-likeness (QED) is 0.858. The van der Waals surface area contributed by atoms with Crippen LogP contribution in [0.25, 0.3) is 0 Å². The molecule has 0 radical (unpaired) electrons. The molecule has 2 bridgehead atoms. The van der Waals surface area contributed by atoms with Gasteiger partial charge in [-0.15, -0.1) is 0 Å². The average molecular weight is 275 g/mol.